The van der Waals surface area contributed by atoms with Crippen LogP contribution in [0.15, 0.2) is 16.6 Å². The average Bonchev–Trinajstić information content (AvgIpc) is 2.96. The maximum Gasteiger partial charge on any atom is 0.175 e. The molecule has 3 rings (SSSR count). The standard InChI is InChI=1S/C15H16BrNO3/c16-11-7-10(8-12-13(11)20-6-5-19-12)14(18)15(9-17)3-1-2-4-15/h7-8,14,18H,1-6H2. The summed E-state index contributed by atoms with van der Waals surface area (Å²) in [5.74, 6) is 1.30. The normalized spacial score (nSPS) is 21.2. The van der Waals surface area contributed by atoms with E-state index in [0.717, 1.165) is 30.2 Å². The van der Waals surface area contributed by atoms with Crippen LogP contribution in [0.1, 0.15) is 37.4 Å². The molecule has 2 aliphatic rings. The Kier molecular flexibility index (Phi) is 3.61. The van der Waals surface area contributed by atoms with Crippen molar-refractivity contribution < 1.29 is 14.6 Å². The Morgan fingerprint density at radius 1 is 1.25 bits per heavy atom. The lowest BCUT2D eigenvalue weighted by Gasteiger charge is -2.28. The highest BCUT2D eigenvalue weighted by molar-refractivity contribution is 9.10. The highest BCUT2D eigenvalue weighted by atomic mass is 79.9. The van der Waals surface area contributed by atoms with E-state index in [1.165, 1.54) is 0 Å². The Morgan fingerprint density at radius 3 is 2.65 bits per heavy atom. The van der Waals surface area contributed by atoms with Crippen LogP contribution >= 0.6 is 15.9 Å². The maximum atomic E-state index is 10.7. The van der Waals surface area contributed by atoms with Gasteiger partial charge in [-0.2, -0.15) is 5.26 Å². The van der Waals surface area contributed by atoms with Crippen molar-refractivity contribution in [1.29, 1.82) is 5.26 Å². The van der Waals surface area contributed by atoms with Gasteiger partial charge in [0, 0.05) is 0 Å². The molecular formula is C15H16BrNO3. The molecule has 1 N–H and O–H groups in total. The van der Waals surface area contributed by atoms with E-state index in [1.807, 2.05) is 6.07 Å². The van der Waals surface area contributed by atoms with Crippen molar-refractivity contribution in [2.24, 2.45) is 5.41 Å². The smallest absolute Gasteiger partial charge is 0.175 e. The minimum absolute atomic E-state index is 0.502. The van der Waals surface area contributed by atoms with Gasteiger partial charge >= 0.3 is 0 Å². The van der Waals surface area contributed by atoms with E-state index in [2.05, 4.69) is 22.0 Å². The molecule has 0 saturated heterocycles. The Morgan fingerprint density at radius 2 is 1.95 bits per heavy atom. The third kappa shape index (κ3) is 2.17. The summed E-state index contributed by atoms with van der Waals surface area (Å²) in [7, 11) is 0. The first-order valence-corrected chi connectivity index (χ1v) is 7.64. The Hall–Kier alpha value is -1.25. The number of rotatable bonds is 2. The Bertz CT molecular complexity index is 561. The van der Waals surface area contributed by atoms with Crippen LogP contribution in [0.2, 0.25) is 0 Å². The van der Waals surface area contributed by atoms with Gasteiger partial charge in [0.15, 0.2) is 11.5 Å². The van der Waals surface area contributed by atoms with E-state index in [-0.39, 0.29) is 0 Å². The summed E-state index contributed by atoms with van der Waals surface area (Å²) in [5.41, 5.74) is 0.0491. The average molecular weight is 338 g/mol. The van der Waals surface area contributed by atoms with Crippen molar-refractivity contribution in [1.82, 2.24) is 0 Å². The Labute approximate surface area is 126 Å². The molecule has 0 bridgehead atoms. The third-order valence-electron chi connectivity index (χ3n) is 4.18. The quantitative estimate of drug-likeness (QED) is 0.898. The SMILES string of the molecule is N#CC1(C(O)c2cc(Br)c3c(c2)OCCO3)CCCC1. The zero-order chi connectivity index (χ0) is 14.2. The fourth-order valence-electron chi connectivity index (χ4n) is 3.06. The summed E-state index contributed by atoms with van der Waals surface area (Å²) < 4.78 is 11.9. The van der Waals surface area contributed by atoms with Gasteiger partial charge in [0.25, 0.3) is 0 Å². The van der Waals surface area contributed by atoms with Crippen LogP contribution in [0.5, 0.6) is 11.5 Å². The number of hydrogen-bond acceptors (Lipinski definition) is 4. The van der Waals surface area contributed by atoms with E-state index >= 15 is 0 Å². The topological polar surface area (TPSA) is 62.5 Å². The van der Waals surface area contributed by atoms with E-state index in [9.17, 15) is 10.4 Å². The molecule has 106 valence electrons. The second-order valence-electron chi connectivity index (χ2n) is 5.40. The van der Waals surface area contributed by atoms with E-state index < -0.39 is 11.5 Å². The summed E-state index contributed by atoms with van der Waals surface area (Å²) in [6, 6.07) is 5.96. The maximum absolute atomic E-state index is 10.7. The van der Waals surface area contributed by atoms with Gasteiger partial charge < -0.3 is 14.6 Å². The third-order valence-corrected chi connectivity index (χ3v) is 4.77. The van der Waals surface area contributed by atoms with Crippen molar-refractivity contribution in [2.75, 3.05) is 13.2 Å². The van der Waals surface area contributed by atoms with Crippen LogP contribution in [0.3, 0.4) is 0 Å². The molecule has 1 aromatic rings. The molecule has 0 radical (unpaired) electrons. The molecule has 5 heteroatoms. The number of nitriles is 1. The van der Waals surface area contributed by atoms with Crippen LogP contribution in [0, 0.1) is 16.7 Å². The fourth-order valence-corrected chi connectivity index (χ4v) is 3.63. The lowest BCUT2D eigenvalue weighted by Crippen LogP contribution is -2.24. The monoisotopic (exact) mass is 337 g/mol. The molecule has 1 aliphatic carbocycles. The first kappa shape index (κ1) is 13.7. The molecular weight excluding hydrogens is 322 g/mol. The summed E-state index contributed by atoms with van der Waals surface area (Å²) in [4.78, 5) is 0. The van der Waals surface area contributed by atoms with Crippen molar-refractivity contribution >= 4 is 15.9 Å². The van der Waals surface area contributed by atoms with Gasteiger partial charge in [-0.25, -0.2) is 0 Å². The molecule has 20 heavy (non-hydrogen) atoms. The predicted octanol–water partition coefficient (Wildman–Crippen LogP) is 3.34. The number of halogens is 1. The van der Waals surface area contributed by atoms with E-state index in [4.69, 9.17) is 9.47 Å². The molecule has 0 aromatic heterocycles. The molecule has 1 aromatic carbocycles. The predicted molar refractivity (Wildman–Crippen MR) is 76.6 cm³/mol. The molecule has 0 spiro atoms. The second kappa shape index (κ2) is 5.27. The van der Waals surface area contributed by atoms with Crippen molar-refractivity contribution in [3.63, 3.8) is 0 Å². The molecule has 1 aliphatic heterocycles. The lowest BCUT2D eigenvalue weighted by atomic mass is 9.78. The number of aliphatic hydroxyl groups excluding tert-OH is 1. The number of fused-ring (bicyclic) bond motifs is 1. The van der Waals surface area contributed by atoms with Gasteiger partial charge in [-0.15, -0.1) is 0 Å². The van der Waals surface area contributed by atoms with Crippen LogP contribution in [-0.2, 0) is 0 Å². The highest BCUT2D eigenvalue weighted by Gasteiger charge is 2.42. The summed E-state index contributed by atoms with van der Waals surface area (Å²) in [6.45, 7) is 1.03. The zero-order valence-electron chi connectivity index (χ0n) is 11.1. The molecule has 1 saturated carbocycles. The summed E-state index contributed by atoms with van der Waals surface area (Å²) in [6.07, 6.45) is 2.70. The van der Waals surface area contributed by atoms with Crippen molar-refractivity contribution in [3.8, 4) is 17.6 Å². The molecule has 1 heterocycles. The Balaban J connectivity index is 1.98. The number of nitrogens with zero attached hydrogens (tertiary/aromatic N) is 1. The molecule has 1 atom stereocenters. The van der Waals surface area contributed by atoms with Crippen molar-refractivity contribution in [2.45, 2.75) is 31.8 Å². The van der Waals surface area contributed by atoms with Crippen LogP contribution in [-0.4, -0.2) is 18.3 Å². The number of aliphatic hydroxyl groups is 1. The van der Waals surface area contributed by atoms with Crippen molar-refractivity contribution in [3.05, 3.63) is 22.2 Å². The first-order valence-electron chi connectivity index (χ1n) is 6.85. The highest BCUT2D eigenvalue weighted by Crippen LogP contribution is 2.49. The molecule has 1 fully saturated rings. The van der Waals surface area contributed by atoms with Gasteiger partial charge in [0.05, 0.1) is 22.1 Å². The van der Waals surface area contributed by atoms with E-state index in [1.54, 1.807) is 6.07 Å². The van der Waals surface area contributed by atoms with Crippen LogP contribution in [0.25, 0.3) is 0 Å². The summed E-state index contributed by atoms with van der Waals surface area (Å²) >= 11 is 3.45. The number of ether oxygens (including phenoxy) is 2. The van der Waals surface area contributed by atoms with Crippen LogP contribution in [0.4, 0.5) is 0 Å². The largest absolute Gasteiger partial charge is 0.486 e. The number of hydrogen-bond donors (Lipinski definition) is 1. The summed E-state index contributed by atoms with van der Waals surface area (Å²) in [5, 5.41) is 20.1. The number of benzene rings is 1. The molecule has 0 amide bonds. The van der Waals surface area contributed by atoms with Crippen LogP contribution < -0.4 is 9.47 Å². The minimum Gasteiger partial charge on any atom is -0.486 e. The van der Waals surface area contributed by atoms with Gasteiger partial charge in [-0.05, 0) is 46.5 Å². The molecule has 1 unspecified atom stereocenters. The van der Waals surface area contributed by atoms with Gasteiger partial charge in [-0.1, -0.05) is 12.8 Å². The second-order valence-corrected chi connectivity index (χ2v) is 6.26. The van der Waals surface area contributed by atoms with E-state index in [0.29, 0.717) is 30.3 Å². The van der Waals surface area contributed by atoms with Gasteiger partial charge in [0.1, 0.15) is 13.2 Å². The van der Waals surface area contributed by atoms with Gasteiger partial charge in [0.2, 0.25) is 0 Å². The molecule has 4 nitrogen and oxygen atoms in total. The first-order chi connectivity index (χ1) is 9.66. The fraction of sp³-hybridized carbons (Fsp3) is 0.533. The lowest BCUT2D eigenvalue weighted by molar-refractivity contribution is 0.0663. The van der Waals surface area contributed by atoms with Gasteiger partial charge in [-0.3, -0.25) is 0 Å². The zero-order valence-corrected chi connectivity index (χ0v) is 12.6. The minimum atomic E-state index is -0.790.